The van der Waals surface area contributed by atoms with Gasteiger partial charge in [-0.1, -0.05) is 0 Å². The summed E-state index contributed by atoms with van der Waals surface area (Å²) in [6, 6.07) is 0. The molecule has 0 aromatic heterocycles. The maximum Gasteiger partial charge on any atom is 0.0711 e. The van der Waals surface area contributed by atoms with Crippen LogP contribution in [0.5, 0.6) is 0 Å². The predicted octanol–water partition coefficient (Wildman–Crippen LogP) is -3.95. The van der Waals surface area contributed by atoms with Crippen LogP contribution in [0.4, 0.5) is 4.79 Å². The lowest BCUT2D eigenvalue weighted by atomic mass is 10.8. The van der Waals surface area contributed by atoms with Gasteiger partial charge in [0.2, 0.25) is 0 Å². The van der Waals surface area contributed by atoms with E-state index in [1.165, 1.54) is 0 Å². The fourth-order valence-corrected chi connectivity index (χ4v) is 0. The summed E-state index contributed by atoms with van der Waals surface area (Å²) in [5, 5.41) is 16.7. The number of hydrogen-bond acceptors (Lipinski definition) is 3. The quantitative estimate of drug-likeness (QED) is 0.368. The van der Waals surface area contributed by atoms with Crippen LogP contribution in [-0.4, -0.2) is 19.2 Å². The largest absolute Gasteiger partial charge is 0.652 e. The van der Waals surface area contributed by atoms with E-state index in [0.717, 1.165) is 13.1 Å². The van der Waals surface area contributed by atoms with Gasteiger partial charge in [0, 0.05) is 0 Å². The van der Waals surface area contributed by atoms with Crippen molar-refractivity contribution in [1.29, 1.82) is 0 Å². The summed E-state index contributed by atoms with van der Waals surface area (Å²) in [5.41, 5.74) is 6.97. The van der Waals surface area contributed by atoms with Crippen LogP contribution in [0.2, 0.25) is 0 Å². The highest BCUT2D eigenvalue weighted by Gasteiger charge is 1.37. The van der Waals surface area contributed by atoms with Gasteiger partial charge >= 0.3 is 0 Å². The first-order valence-corrected chi connectivity index (χ1v) is 3.03. The van der Waals surface area contributed by atoms with Crippen molar-refractivity contribution >= 4 is 6.16 Å². The van der Waals surface area contributed by atoms with Gasteiger partial charge in [-0.3, -0.25) is 0 Å². The van der Waals surface area contributed by atoms with Gasteiger partial charge in [0.1, 0.15) is 0 Å². The third kappa shape index (κ3) is 420. The zero-order chi connectivity index (χ0) is 8.99. The fraction of sp³-hybridized carbons (Fsp3) is 0.800. The molecular formula is C5H16N2O3. The van der Waals surface area contributed by atoms with E-state index in [4.69, 9.17) is 15.0 Å². The molecule has 6 N–H and O–H groups in total. The van der Waals surface area contributed by atoms with Crippen molar-refractivity contribution in [1.82, 2.24) is 0 Å². The summed E-state index contributed by atoms with van der Waals surface area (Å²) in [4.78, 5) is 8.33. The summed E-state index contributed by atoms with van der Waals surface area (Å²) in [6.45, 7) is 6.03. The number of carboxylic acid groups (broad SMARTS) is 2. The van der Waals surface area contributed by atoms with Crippen molar-refractivity contribution in [2.24, 2.45) is 0 Å². The van der Waals surface area contributed by atoms with Gasteiger partial charge in [0.25, 0.3) is 0 Å². The van der Waals surface area contributed by atoms with Crippen molar-refractivity contribution in [3.8, 4) is 0 Å². The molecule has 0 unspecified atom stereocenters. The van der Waals surface area contributed by atoms with E-state index in [1.54, 1.807) is 0 Å². The monoisotopic (exact) mass is 152 g/mol. The smallest absolute Gasteiger partial charge is 0.0711 e. The SMILES string of the molecule is CC[NH3+].CC[NH3+].O=C([O-])[O-]. The van der Waals surface area contributed by atoms with Crippen molar-refractivity contribution < 1.29 is 26.5 Å². The predicted molar refractivity (Wildman–Crippen MR) is 32.3 cm³/mol. The first-order valence-electron chi connectivity index (χ1n) is 3.03. The Bertz CT molecular complexity index is 52.9. The maximum atomic E-state index is 8.33. The number of quaternary nitrogens is 2. The fourth-order valence-electron chi connectivity index (χ4n) is 0. The molecule has 0 aromatic rings. The van der Waals surface area contributed by atoms with Crippen LogP contribution in [0.1, 0.15) is 13.8 Å². The average Bonchev–Trinajstić information content (AvgIpc) is 1.65. The van der Waals surface area contributed by atoms with Gasteiger partial charge in [-0.15, -0.1) is 0 Å². The number of carbonyl (C=O) groups is 1. The summed E-state index contributed by atoms with van der Waals surface area (Å²) >= 11 is 0. The van der Waals surface area contributed by atoms with Gasteiger partial charge in [0.15, 0.2) is 0 Å². The van der Waals surface area contributed by atoms with Gasteiger partial charge in [0.05, 0.1) is 13.1 Å². The molecule has 5 nitrogen and oxygen atoms in total. The van der Waals surface area contributed by atoms with E-state index >= 15 is 0 Å². The molecule has 0 amide bonds. The second kappa shape index (κ2) is 24.1. The highest BCUT2D eigenvalue weighted by Crippen LogP contribution is 1.21. The summed E-state index contributed by atoms with van der Waals surface area (Å²) in [7, 11) is 0. The lowest BCUT2D eigenvalue weighted by Gasteiger charge is -1.96. The second-order valence-corrected chi connectivity index (χ2v) is 1.25. The summed E-state index contributed by atoms with van der Waals surface area (Å²) < 4.78 is 0. The molecule has 0 radical (unpaired) electrons. The molecule has 0 aromatic carbocycles. The Kier molecular flexibility index (Phi) is 38.8. The molecule has 64 valence electrons. The zero-order valence-corrected chi connectivity index (χ0v) is 6.55. The summed E-state index contributed by atoms with van der Waals surface area (Å²) in [6.07, 6.45) is -2.33. The van der Waals surface area contributed by atoms with Crippen LogP contribution in [0.3, 0.4) is 0 Å². The van der Waals surface area contributed by atoms with Crippen LogP contribution in [0, 0.1) is 0 Å². The van der Waals surface area contributed by atoms with Crippen molar-refractivity contribution in [2.45, 2.75) is 13.8 Å². The van der Waals surface area contributed by atoms with Gasteiger partial charge in [-0.2, -0.15) is 0 Å². The van der Waals surface area contributed by atoms with Crippen LogP contribution in [0.25, 0.3) is 0 Å². The molecule has 0 rings (SSSR count). The Morgan fingerprint density at radius 3 is 1.20 bits per heavy atom. The molecule has 0 aliphatic heterocycles. The Balaban J connectivity index is -0.0000000750. The zero-order valence-electron chi connectivity index (χ0n) is 6.55. The maximum absolute atomic E-state index is 8.33. The summed E-state index contributed by atoms with van der Waals surface area (Å²) in [5.74, 6) is 0. The Morgan fingerprint density at radius 2 is 1.20 bits per heavy atom. The average molecular weight is 152 g/mol. The molecule has 0 aliphatic carbocycles. The van der Waals surface area contributed by atoms with E-state index in [0.29, 0.717) is 0 Å². The topological polar surface area (TPSA) is 118 Å². The van der Waals surface area contributed by atoms with Crippen LogP contribution < -0.4 is 21.7 Å². The highest BCUT2D eigenvalue weighted by molar-refractivity contribution is 5.47. The Hall–Kier alpha value is -0.810. The van der Waals surface area contributed by atoms with Gasteiger partial charge in [-0.25, -0.2) is 0 Å². The van der Waals surface area contributed by atoms with Crippen LogP contribution >= 0.6 is 0 Å². The molecule has 0 saturated heterocycles. The molecule has 10 heavy (non-hydrogen) atoms. The van der Waals surface area contributed by atoms with Crippen LogP contribution in [0.15, 0.2) is 0 Å². The van der Waals surface area contributed by atoms with E-state index in [2.05, 4.69) is 11.5 Å². The molecule has 0 spiro atoms. The standard InChI is InChI=1S/2C2H7N.CH2O3/c2*1-2-3;2-1(3)4/h2*2-3H2,1H3;(H2,2,3,4). The van der Waals surface area contributed by atoms with Gasteiger partial charge in [-0.05, 0) is 20.0 Å². The Labute approximate surface area is 60.6 Å². The number of rotatable bonds is 0. The minimum atomic E-state index is -2.33. The van der Waals surface area contributed by atoms with E-state index < -0.39 is 6.16 Å². The van der Waals surface area contributed by atoms with E-state index in [9.17, 15) is 0 Å². The van der Waals surface area contributed by atoms with Crippen LogP contribution in [-0.2, 0) is 0 Å². The Morgan fingerprint density at radius 1 is 1.20 bits per heavy atom. The molecule has 0 bridgehead atoms. The number of hydrogen-bond donors (Lipinski definition) is 2. The van der Waals surface area contributed by atoms with Gasteiger partial charge < -0.3 is 26.5 Å². The number of carbonyl (C=O) groups excluding carboxylic acids is 1. The normalized spacial score (nSPS) is 6.00. The molecule has 0 saturated carbocycles. The molecule has 0 fully saturated rings. The minimum absolute atomic E-state index is 1.00. The molecule has 0 aliphatic rings. The third-order valence-corrected chi connectivity index (χ3v) is 0. The third-order valence-electron chi connectivity index (χ3n) is 0. The van der Waals surface area contributed by atoms with Crippen molar-refractivity contribution in [3.05, 3.63) is 0 Å². The lowest BCUT2D eigenvalue weighted by molar-refractivity contribution is -0.415. The minimum Gasteiger partial charge on any atom is -0.652 e. The molecular weight excluding hydrogens is 136 g/mol. The van der Waals surface area contributed by atoms with Crippen molar-refractivity contribution in [3.63, 3.8) is 0 Å². The first-order chi connectivity index (χ1) is 4.56. The van der Waals surface area contributed by atoms with E-state index in [1.807, 2.05) is 13.8 Å². The molecule has 5 heteroatoms. The second-order valence-electron chi connectivity index (χ2n) is 1.25. The molecule has 0 atom stereocenters. The van der Waals surface area contributed by atoms with Crippen molar-refractivity contribution in [2.75, 3.05) is 13.1 Å². The molecule has 0 heterocycles. The first kappa shape index (κ1) is 16.1. The lowest BCUT2D eigenvalue weighted by Crippen LogP contribution is -2.48. The highest BCUT2D eigenvalue weighted by atomic mass is 16.6. The van der Waals surface area contributed by atoms with E-state index in [-0.39, 0.29) is 0 Å².